The van der Waals surface area contributed by atoms with Gasteiger partial charge < -0.3 is 10.1 Å². The number of para-hydroxylation sites is 1. The molecular weight excluding hydrogens is 403 g/mol. The van der Waals surface area contributed by atoms with Crippen molar-refractivity contribution in [3.63, 3.8) is 0 Å². The predicted octanol–water partition coefficient (Wildman–Crippen LogP) is 2.11. The molecule has 1 aromatic rings. The maximum atomic E-state index is 13.0. The van der Waals surface area contributed by atoms with Crippen LogP contribution < -0.4 is 5.32 Å². The third kappa shape index (κ3) is 4.88. The molecule has 28 heavy (non-hydrogen) atoms. The third-order valence-electron chi connectivity index (χ3n) is 3.51. The monoisotopic (exact) mass is 419 g/mol. The maximum Gasteiger partial charge on any atom is 0.418 e. The number of hydrogen-bond donors (Lipinski definition) is 1. The fourth-order valence-corrected chi connectivity index (χ4v) is 3.35. The topological polar surface area (TPSA) is 105 Å². The highest BCUT2D eigenvalue weighted by Crippen LogP contribution is 2.34. The highest BCUT2D eigenvalue weighted by molar-refractivity contribution is 7.88. The number of rotatable bonds is 5. The molecule has 0 saturated carbocycles. The number of carbonyl (C=O) groups excluding carboxylic acids is 2. The number of nitrogens with zero attached hydrogens (tertiary/aromatic N) is 2. The van der Waals surface area contributed by atoms with Crippen LogP contribution >= 0.6 is 0 Å². The number of ether oxygens (including phenoxy) is 1. The Morgan fingerprint density at radius 2 is 1.89 bits per heavy atom. The lowest BCUT2D eigenvalue weighted by Crippen LogP contribution is -2.37. The van der Waals surface area contributed by atoms with E-state index < -0.39 is 46.1 Å². The fourth-order valence-electron chi connectivity index (χ4n) is 2.29. The zero-order chi connectivity index (χ0) is 21.1. The average Bonchev–Trinajstić information content (AvgIpc) is 2.56. The van der Waals surface area contributed by atoms with E-state index in [1.54, 1.807) is 6.92 Å². The van der Waals surface area contributed by atoms with Crippen LogP contribution in [-0.2, 0) is 30.7 Å². The van der Waals surface area contributed by atoms with Gasteiger partial charge in [0.1, 0.15) is 6.54 Å². The standard InChI is InChI=1S/C16H16F3N3O5S/c1-3-27-15(24)11-8-22(28(25,26)21-10(11)2)9-14(23)20-13-7-5-4-6-12(13)16(17,18)19/h4-8H,3,9H2,1-2H3,(H,20,23). The number of benzene rings is 1. The second-order valence-corrected chi connectivity index (χ2v) is 7.10. The zero-order valence-corrected chi connectivity index (χ0v) is 15.6. The summed E-state index contributed by atoms with van der Waals surface area (Å²) in [5, 5.41) is 2.02. The summed E-state index contributed by atoms with van der Waals surface area (Å²) in [6.45, 7) is 1.98. The van der Waals surface area contributed by atoms with Crippen molar-refractivity contribution in [1.82, 2.24) is 4.31 Å². The van der Waals surface area contributed by atoms with Crippen LogP contribution in [0.3, 0.4) is 0 Å². The highest BCUT2D eigenvalue weighted by Gasteiger charge is 2.34. The van der Waals surface area contributed by atoms with E-state index in [1.807, 2.05) is 5.32 Å². The molecule has 1 aromatic carbocycles. The SMILES string of the molecule is CCOC(=O)C1=CN(CC(=O)Nc2ccccc2C(F)(F)F)S(=O)(=O)N=C1C. The lowest BCUT2D eigenvalue weighted by Gasteiger charge is -2.23. The van der Waals surface area contributed by atoms with Crippen molar-refractivity contribution in [1.29, 1.82) is 0 Å². The smallest absolute Gasteiger partial charge is 0.418 e. The van der Waals surface area contributed by atoms with E-state index in [4.69, 9.17) is 4.74 Å². The summed E-state index contributed by atoms with van der Waals surface area (Å²) in [7, 11) is -4.33. The molecule has 1 heterocycles. The summed E-state index contributed by atoms with van der Waals surface area (Å²) < 4.78 is 71.9. The normalized spacial score (nSPS) is 16.1. The summed E-state index contributed by atoms with van der Waals surface area (Å²) in [6.07, 6.45) is -3.84. The summed E-state index contributed by atoms with van der Waals surface area (Å²) in [6, 6.07) is 4.25. The first-order chi connectivity index (χ1) is 13.0. The fraction of sp³-hybridized carbons (Fsp3) is 0.312. The van der Waals surface area contributed by atoms with Gasteiger partial charge in [0.25, 0.3) is 0 Å². The molecule has 0 unspecified atom stereocenters. The molecule has 8 nitrogen and oxygen atoms in total. The van der Waals surface area contributed by atoms with Gasteiger partial charge in [-0.1, -0.05) is 12.1 Å². The first-order valence-corrected chi connectivity index (χ1v) is 9.29. The van der Waals surface area contributed by atoms with Gasteiger partial charge in [-0.05, 0) is 26.0 Å². The Bertz CT molecular complexity index is 955. The van der Waals surface area contributed by atoms with Gasteiger partial charge in [-0.25, -0.2) is 9.10 Å². The minimum absolute atomic E-state index is 0.0327. The van der Waals surface area contributed by atoms with Crippen LogP contribution in [0.25, 0.3) is 0 Å². The third-order valence-corrected chi connectivity index (χ3v) is 4.84. The summed E-state index contributed by atoms with van der Waals surface area (Å²) in [4.78, 5) is 24.0. The van der Waals surface area contributed by atoms with Crippen molar-refractivity contribution < 1.29 is 35.9 Å². The van der Waals surface area contributed by atoms with Gasteiger partial charge in [-0.3, -0.25) is 4.79 Å². The van der Waals surface area contributed by atoms with Gasteiger partial charge in [0.2, 0.25) is 5.91 Å². The highest BCUT2D eigenvalue weighted by atomic mass is 32.2. The Morgan fingerprint density at radius 1 is 1.25 bits per heavy atom. The Balaban J connectivity index is 2.25. The van der Waals surface area contributed by atoms with Gasteiger partial charge in [0.05, 0.1) is 29.1 Å². The van der Waals surface area contributed by atoms with Gasteiger partial charge in [-0.15, -0.1) is 4.40 Å². The van der Waals surface area contributed by atoms with E-state index >= 15 is 0 Å². The molecule has 0 atom stereocenters. The van der Waals surface area contributed by atoms with E-state index in [0.29, 0.717) is 4.31 Å². The van der Waals surface area contributed by atoms with Crippen molar-refractivity contribution >= 4 is 33.5 Å². The van der Waals surface area contributed by atoms with Crippen molar-refractivity contribution in [2.24, 2.45) is 4.40 Å². The molecule has 0 saturated heterocycles. The minimum Gasteiger partial charge on any atom is -0.462 e. The molecule has 2 rings (SSSR count). The van der Waals surface area contributed by atoms with Crippen molar-refractivity contribution in [3.05, 3.63) is 41.6 Å². The number of nitrogens with one attached hydrogen (secondary N) is 1. The molecule has 1 aliphatic heterocycles. The number of esters is 1. The van der Waals surface area contributed by atoms with Crippen LogP contribution in [-0.4, -0.2) is 43.5 Å². The van der Waals surface area contributed by atoms with Gasteiger partial charge >= 0.3 is 22.4 Å². The average molecular weight is 419 g/mol. The molecule has 0 radical (unpaired) electrons. The number of carbonyl (C=O) groups is 2. The number of halogens is 3. The number of hydrogen-bond acceptors (Lipinski definition) is 5. The molecule has 1 amide bonds. The summed E-state index contributed by atoms with van der Waals surface area (Å²) in [5.41, 5.74) is -1.91. The number of alkyl halides is 3. The number of anilines is 1. The molecule has 0 fully saturated rings. The van der Waals surface area contributed by atoms with E-state index in [2.05, 4.69) is 4.40 Å². The largest absolute Gasteiger partial charge is 0.462 e. The lowest BCUT2D eigenvalue weighted by atomic mass is 10.1. The van der Waals surface area contributed by atoms with Crippen molar-refractivity contribution in [2.75, 3.05) is 18.5 Å². The molecule has 152 valence electrons. The van der Waals surface area contributed by atoms with Gasteiger partial charge in [0.15, 0.2) is 0 Å². The molecular formula is C16H16F3N3O5S. The first kappa shape index (κ1) is 21.4. The zero-order valence-electron chi connectivity index (χ0n) is 14.8. The molecule has 0 bridgehead atoms. The summed E-state index contributed by atoms with van der Waals surface area (Å²) >= 11 is 0. The summed E-state index contributed by atoms with van der Waals surface area (Å²) in [5.74, 6) is -1.89. The Labute approximate surface area is 158 Å². The Kier molecular flexibility index (Phi) is 6.12. The number of amides is 1. The maximum absolute atomic E-state index is 13.0. The van der Waals surface area contributed by atoms with Crippen LogP contribution in [0.5, 0.6) is 0 Å². The predicted molar refractivity (Wildman–Crippen MR) is 93.5 cm³/mol. The first-order valence-electron chi connectivity index (χ1n) is 7.89. The quantitative estimate of drug-likeness (QED) is 0.736. The van der Waals surface area contributed by atoms with E-state index in [9.17, 15) is 31.2 Å². The van der Waals surface area contributed by atoms with Crippen LogP contribution in [0.4, 0.5) is 18.9 Å². The lowest BCUT2D eigenvalue weighted by molar-refractivity contribution is -0.138. The second kappa shape index (κ2) is 8.00. The molecule has 0 aromatic heterocycles. The van der Waals surface area contributed by atoms with Gasteiger partial charge in [0, 0.05) is 6.20 Å². The molecule has 12 heteroatoms. The van der Waals surface area contributed by atoms with Gasteiger partial charge in [-0.2, -0.15) is 21.6 Å². The van der Waals surface area contributed by atoms with Crippen LogP contribution in [0.1, 0.15) is 19.4 Å². The minimum atomic E-state index is -4.71. The van der Waals surface area contributed by atoms with E-state index in [1.165, 1.54) is 13.0 Å². The Morgan fingerprint density at radius 3 is 2.50 bits per heavy atom. The second-order valence-electron chi connectivity index (χ2n) is 5.55. The molecule has 0 aliphatic carbocycles. The van der Waals surface area contributed by atoms with Crippen LogP contribution in [0.2, 0.25) is 0 Å². The molecule has 0 spiro atoms. The van der Waals surface area contributed by atoms with E-state index in [-0.39, 0.29) is 17.9 Å². The Hall–Kier alpha value is -2.89. The molecule has 1 N–H and O–H groups in total. The molecule has 1 aliphatic rings. The van der Waals surface area contributed by atoms with E-state index in [0.717, 1.165) is 24.4 Å². The van der Waals surface area contributed by atoms with Crippen LogP contribution in [0, 0.1) is 0 Å². The van der Waals surface area contributed by atoms with Crippen molar-refractivity contribution in [3.8, 4) is 0 Å². The van der Waals surface area contributed by atoms with Crippen LogP contribution in [0.15, 0.2) is 40.4 Å². The van der Waals surface area contributed by atoms with Crippen molar-refractivity contribution in [2.45, 2.75) is 20.0 Å².